The van der Waals surface area contributed by atoms with Gasteiger partial charge in [-0.3, -0.25) is 0 Å². The summed E-state index contributed by atoms with van der Waals surface area (Å²) in [6, 6.07) is 7.92. The van der Waals surface area contributed by atoms with Gasteiger partial charge in [-0.2, -0.15) is 0 Å². The van der Waals surface area contributed by atoms with Crippen LogP contribution < -0.4 is 5.73 Å². The van der Waals surface area contributed by atoms with Crippen LogP contribution in [0.4, 0.5) is 5.13 Å². The number of thiazole rings is 1. The molecule has 96 valence electrons. The first-order valence-corrected chi connectivity index (χ1v) is 7.06. The number of nitrogens with zero attached hydrogens (tertiary/aromatic N) is 1. The van der Waals surface area contributed by atoms with E-state index in [-0.39, 0.29) is 5.41 Å². The van der Waals surface area contributed by atoms with Crippen molar-refractivity contribution >= 4 is 28.1 Å². The molecule has 1 aromatic heterocycles. The van der Waals surface area contributed by atoms with Gasteiger partial charge in [-0.05, 0) is 17.7 Å². The van der Waals surface area contributed by atoms with Gasteiger partial charge in [0.05, 0.1) is 5.69 Å². The molecule has 1 heterocycles. The van der Waals surface area contributed by atoms with Gasteiger partial charge in [-0.1, -0.05) is 44.5 Å². The molecular formula is C14H17ClN2S. The standard InChI is InChI=1S/C14H17ClN2S/c1-14(2,3)12-11(18-13(16)17-12)8-9-5-4-6-10(15)7-9/h4-7H,8H2,1-3H3,(H2,16,17). The number of aromatic nitrogens is 1. The molecule has 2 nitrogen and oxygen atoms in total. The van der Waals surface area contributed by atoms with Crippen molar-refractivity contribution in [3.05, 3.63) is 45.4 Å². The summed E-state index contributed by atoms with van der Waals surface area (Å²) in [4.78, 5) is 5.69. The lowest BCUT2D eigenvalue weighted by Crippen LogP contribution is -2.14. The van der Waals surface area contributed by atoms with E-state index >= 15 is 0 Å². The maximum Gasteiger partial charge on any atom is 0.180 e. The molecule has 0 saturated heterocycles. The van der Waals surface area contributed by atoms with Crippen molar-refractivity contribution in [2.45, 2.75) is 32.6 Å². The van der Waals surface area contributed by atoms with Gasteiger partial charge >= 0.3 is 0 Å². The van der Waals surface area contributed by atoms with Crippen LogP contribution in [0.1, 0.15) is 36.9 Å². The van der Waals surface area contributed by atoms with Crippen molar-refractivity contribution in [2.24, 2.45) is 0 Å². The zero-order valence-corrected chi connectivity index (χ0v) is 12.4. The number of nitrogen functional groups attached to an aromatic ring is 1. The first kappa shape index (κ1) is 13.4. The average Bonchev–Trinajstić information content (AvgIpc) is 2.59. The Balaban J connectivity index is 2.35. The second kappa shape index (κ2) is 4.90. The van der Waals surface area contributed by atoms with Gasteiger partial charge in [-0.25, -0.2) is 4.98 Å². The fourth-order valence-electron chi connectivity index (χ4n) is 1.91. The van der Waals surface area contributed by atoms with Gasteiger partial charge in [0.15, 0.2) is 5.13 Å². The largest absolute Gasteiger partial charge is 0.375 e. The third-order valence-electron chi connectivity index (χ3n) is 2.68. The molecule has 18 heavy (non-hydrogen) atoms. The minimum Gasteiger partial charge on any atom is -0.375 e. The molecule has 1 aromatic carbocycles. The predicted octanol–water partition coefficient (Wildman–Crippen LogP) is 4.27. The van der Waals surface area contributed by atoms with E-state index in [0.717, 1.165) is 17.1 Å². The Bertz CT molecular complexity index is 555. The van der Waals surface area contributed by atoms with Gasteiger partial charge < -0.3 is 5.73 Å². The molecule has 0 atom stereocenters. The first-order chi connectivity index (χ1) is 8.36. The van der Waals surface area contributed by atoms with Gasteiger partial charge in [-0.15, -0.1) is 11.3 Å². The summed E-state index contributed by atoms with van der Waals surface area (Å²) in [7, 11) is 0. The lowest BCUT2D eigenvalue weighted by Gasteiger charge is -2.17. The van der Waals surface area contributed by atoms with Crippen LogP contribution in [0.3, 0.4) is 0 Å². The SMILES string of the molecule is CC(C)(C)c1nc(N)sc1Cc1cccc(Cl)c1. The third-order valence-corrected chi connectivity index (χ3v) is 3.80. The highest BCUT2D eigenvalue weighted by molar-refractivity contribution is 7.15. The smallest absolute Gasteiger partial charge is 0.180 e. The zero-order chi connectivity index (χ0) is 13.3. The Labute approximate surface area is 117 Å². The monoisotopic (exact) mass is 280 g/mol. The van der Waals surface area contributed by atoms with Crippen LogP contribution in [-0.2, 0) is 11.8 Å². The number of halogens is 1. The number of hydrogen-bond donors (Lipinski definition) is 1. The number of benzene rings is 1. The minimum atomic E-state index is 0.0159. The lowest BCUT2D eigenvalue weighted by molar-refractivity contribution is 0.568. The third kappa shape index (κ3) is 3.03. The van der Waals surface area contributed by atoms with Gasteiger partial charge in [0.2, 0.25) is 0 Å². The highest BCUT2D eigenvalue weighted by atomic mass is 35.5. The number of hydrogen-bond acceptors (Lipinski definition) is 3. The first-order valence-electron chi connectivity index (χ1n) is 5.86. The second-order valence-electron chi connectivity index (χ2n) is 5.38. The summed E-state index contributed by atoms with van der Waals surface area (Å²) in [5.74, 6) is 0. The molecule has 0 fully saturated rings. The van der Waals surface area contributed by atoms with Crippen LogP contribution in [-0.4, -0.2) is 4.98 Å². The Hall–Kier alpha value is -1.06. The molecule has 0 aliphatic rings. The highest BCUT2D eigenvalue weighted by Gasteiger charge is 2.22. The topological polar surface area (TPSA) is 38.9 Å². The van der Waals surface area contributed by atoms with Crippen LogP contribution in [0.2, 0.25) is 5.02 Å². The minimum absolute atomic E-state index is 0.0159. The lowest BCUT2D eigenvalue weighted by atomic mass is 9.90. The van der Waals surface area contributed by atoms with E-state index < -0.39 is 0 Å². The van der Waals surface area contributed by atoms with Crippen molar-refractivity contribution in [3.63, 3.8) is 0 Å². The molecule has 0 spiro atoms. The Morgan fingerprint density at radius 2 is 2.06 bits per heavy atom. The van der Waals surface area contributed by atoms with Crippen molar-refractivity contribution in [3.8, 4) is 0 Å². The van der Waals surface area contributed by atoms with Crippen molar-refractivity contribution in [2.75, 3.05) is 5.73 Å². The molecular weight excluding hydrogens is 264 g/mol. The van der Waals surface area contributed by atoms with Crippen LogP contribution in [0.15, 0.2) is 24.3 Å². The molecule has 0 saturated carbocycles. The molecule has 0 unspecified atom stereocenters. The number of nitrogens with two attached hydrogens (primary N) is 1. The summed E-state index contributed by atoms with van der Waals surface area (Å²) in [5.41, 5.74) is 8.14. The molecule has 0 bridgehead atoms. The molecule has 0 amide bonds. The van der Waals surface area contributed by atoms with Crippen molar-refractivity contribution in [1.29, 1.82) is 0 Å². The Morgan fingerprint density at radius 1 is 1.33 bits per heavy atom. The summed E-state index contributed by atoms with van der Waals surface area (Å²) in [6.45, 7) is 6.47. The van der Waals surface area contributed by atoms with Gasteiger partial charge in [0.25, 0.3) is 0 Å². The molecule has 4 heteroatoms. The maximum atomic E-state index is 6.01. The van der Waals surface area contributed by atoms with E-state index in [1.807, 2.05) is 18.2 Å². The summed E-state index contributed by atoms with van der Waals surface area (Å²) >= 11 is 7.57. The van der Waals surface area contributed by atoms with E-state index in [0.29, 0.717) is 5.13 Å². The predicted molar refractivity (Wildman–Crippen MR) is 79.5 cm³/mol. The van der Waals surface area contributed by atoms with E-state index in [1.165, 1.54) is 10.4 Å². The van der Waals surface area contributed by atoms with Crippen molar-refractivity contribution < 1.29 is 0 Å². The fourth-order valence-corrected chi connectivity index (χ4v) is 3.20. The highest BCUT2D eigenvalue weighted by Crippen LogP contribution is 2.32. The van der Waals surface area contributed by atoms with Crippen LogP contribution >= 0.6 is 22.9 Å². The Kier molecular flexibility index (Phi) is 3.64. The van der Waals surface area contributed by atoms with Gasteiger partial charge in [0.1, 0.15) is 0 Å². The van der Waals surface area contributed by atoms with E-state index in [4.69, 9.17) is 17.3 Å². The van der Waals surface area contributed by atoms with Gasteiger partial charge in [0, 0.05) is 21.7 Å². The molecule has 0 radical (unpaired) electrons. The van der Waals surface area contributed by atoms with Crippen LogP contribution in [0.25, 0.3) is 0 Å². The average molecular weight is 281 g/mol. The Morgan fingerprint density at radius 3 is 2.67 bits per heavy atom. The van der Waals surface area contributed by atoms with Crippen LogP contribution in [0.5, 0.6) is 0 Å². The summed E-state index contributed by atoms with van der Waals surface area (Å²) in [5, 5.41) is 1.40. The number of rotatable bonds is 2. The van der Waals surface area contributed by atoms with E-state index in [1.54, 1.807) is 11.3 Å². The summed E-state index contributed by atoms with van der Waals surface area (Å²) < 4.78 is 0. The van der Waals surface area contributed by atoms with Crippen LogP contribution in [0, 0.1) is 0 Å². The second-order valence-corrected chi connectivity index (χ2v) is 6.93. The summed E-state index contributed by atoms with van der Waals surface area (Å²) in [6.07, 6.45) is 0.835. The molecule has 2 N–H and O–H groups in total. The molecule has 0 aliphatic heterocycles. The normalized spacial score (nSPS) is 11.8. The zero-order valence-electron chi connectivity index (χ0n) is 10.8. The molecule has 0 aliphatic carbocycles. The van der Waals surface area contributed by atoms with Crippen molar-refractivity contribution in [1.82, 2.24) is 4.98 Å². The van der Waals surface area contributed by atoms with E-state index in [2.05, 4.69) is 31.8 Å². The molecule has 2 rings (SSSR count). The quantitative estimate of drug-likeness (QED) is 0.892. The molecule has 2 aromatic rings. The maximum absolute atomic E-state index is 6.01. The fraction of sp³-hybridized carbons (Fsp3) is 0.357. The van der Waals surface area contributed by atoms with E-state index in [9.17, 15) is 0 Å². The number of anilines is 1.